The minimum atomic E-state index is -0.501. The summed E-state index contributed by atoms with van der Waals surface area (Å²) in [6.07, 6.45) is 0.943. The molecule has 0 aliphatic rings. The van der Waals surface area contributed by atoms with E-state index >= 15 is 0 Å². The van der Waals surface area contributed by atoms with Crippen LogP contribution in [0.1, 0.15) is 37.0 Å². The zero-order chi connectivity index (χ0) is 12.8. The highest BCUT2D eigenvalue weighted by Crippen LogP contribution is 2.19. The van der Waals surface area contributed by atoms with E-state index in [1.54, 1.807) is 13.0 Å². The van der Waals surface area contributed by atoms with Crippen molar-refractivity contribution >= 4 is 5.78 Å². The van der Waals surface area contributed by atoms with Crippen LogP contribution in [-0.4, -0.2) is 18.4 Å². The van der Waals surface area contributed by atoms with Gasteiger partial charge in [0.15, 0.2) is 17.3 Å². The summed E-state index contributed by atoms with van der Waals surface area (Å²) >= 11 is 0. The van der Waals surface area contributed by atoms with Gasteiger partial charge in [0.25, 0.3) is 0 Å². The van der Waals surface area contributed by atoms with E-state index in [1.165, 1.54) is 12.1 Å². The predicted octanol–water partition coefficient (Wildman–Crippen LogP) is 2.53. The molecule has 0 aliphatic heterocycles. The molecule has 2 N–H and O–H groups in total. The van der Waals surface area contributed by atoms with Crippen molar-refractivity contribution in [1.29, 1.82) is 0 Å². The SMILES string of the molecule is CCOc1ccc(C(=O)CCC(C)N)cc1F. The minimum Gasteiger partial charge on any atom is -0.491 e. The number of hydrogen-bond donors (Lipinski definition) is 1. The van der Waals surface area contributed by atoms with Crippen molar-refractivity contribution in [3.63, 3.8) is 0 Å². The van der Waals surface area contributed by atoms with Gasteiger partial charge >= 0.3 is 0 Å². The Kier molecular flexibility index (Phi) is 5.10. The van der Waals surface area contributed by atoms with Gasteiger partial charge in [-0.1, -0.05) is 0 Å². The van der Waals surface area contributed by atoms with E-state index in [1.807, 2.05) is 6.92 Å². The van der Waals surface area contributed by atoms with Crippen LogP contribution in [0.2, 0.25) is 0 Å². The molecule has 0 heterocycles. The van der Waals surface area contributed by atoms with Crippen molar-refractivity contribution in [1.82, 2.24) is 0 Å². The minimum absolute atomic E-state index is 0.0218. The van der Waals surface area contributed by atoms with Gasteiger partial charge in [0.2, 0.25) is 0 Å². The van der Waals surface area contributed by atoms with Crippen molar-refractivity contribution < 1.29 is 13.9 Å². The number of carbonyl (C=O) groups is 1. The Balaban J connectivity index is 2.72. The molecule has 1 rings (SSSR count). The molecule has 0 bridgehead atoms. The second kappa shape index (κ2) is 6.35. The Hall–Kier alpha value is -1.42. The summed E-state index contributed by atoms with van der Waals surface area (Å²) in [6, 6.07) is 4.26. The molecule has 3 nitrogen and oxygen atoms in total. The van der Waals surface area contributed by atoms with Crippen LogP contribution in [0.3, 0.4) is 0 Å². The van der Waals surface area contributed by atoms with Gasteiger partial charge in [-0.3, -0.25) is 4.79 Å². The maximum atomic E-state index is 13.5. The van der Waals surface area contributed by atoms with Gasteiger partial charge in [0, 0.05) is 18.0 Å². The first-order chi connectivity index (χ1) is 8.04. The van der Waals surface area contributed by atoms with Crippen molar-refractivity contribution in [3.05, 3.63) is 29.6 Å². The molecule has 0 amide bonds. The van der Waals surface area contributed by atoms with Gasteiger partial charge in [-0.15, -0.1) is 0 Å². The number of carbonyl (C=O) groups excluding carboxylic acids is 1. The maximum absolute atomic E-state index is 13.5. The largest absolute Gasteiger partial charge is 0.491 e. The second-order valence-corrected chi connectivity index (χ2v) is 4.02. The molecular formula is C13H18FNO2. The number of ketones is 1. The number of halogens is 1. The van der Waals surface area contributed by atoms with E-state index in [2.05, 4.69) is 0 Å². The van der Waals surface area contributed by atoms with Gasteiger partial charge in [0.05, 0.1) is 6.61 Å². The Morgan fingerprint density at radius 1 is 1.53 bits per heavy atom. The quantitative estimate of drug-likeness (QED) is 0.776. The highest BCUT2D eigenvalue weighted by Gasteiger charge is 2.10. The molecule has 0 aliphatic carbocycles. The summed E-state index contributed by atoms with van der Waals surface area (Å²) in [5.74, 6) is -0.418. The molecule has 4 heteroatoms. The third-order valence-corrected chi connectivity index (χ3v) is 2.38. The maximum Gasteiger partial charge on any atom is 0.165 e. The molecule has 94 valence electrons. The van der Waals surface area contributed by atoms with Crippen LogP contribution < -0.4 is 10.5 Å². The molecule has 1 atom stereocenters. The van der Waals surface area contributed by atoms with Crippen LogP contribution in [0.4, 0.5) is 4.39 Å². The lowest BCUT2D eigenvalue weighted by Crippen LogP contribution is -2.16. The third kappa shape index (κ3) is 4.15. The van der Waals surface area contributed by atoms with E-state index in [9.17, 15) is 9.18 Å². The molecule has 1 aromatic carbocycles. The molecule has 0 radical (unpaired) electrons. The lowest BCUT2D eigenvalue weighted by atomic mass is 10.0. The molecule has 0 aromatic heterocycles. The van der Waals surface area contributed by atoms with Crippen LogP contribution in [0.25, 0.3) is 0 Å². The Morgan fingerprint density at radius 3 is 2.76 bits per heavy atom. The standard InChI is InChI=1S/C13H18FNO2/c1-3-17-13-7-5-10(8-11(13)14)12(16)6-4-9(2)15/h5,7-9H,3-4,6,15H2,1-2H3. The van der Waals surface area contributed by atoms with E-state index in [0.29, 0.717) is 25.0 Å². The van der Waals surface area contributed by atoms with E-state index in [4.69, 9.17) is 10.5 Å². The smallest absolute Gasteiger partial charge is 0.165 e. The third-order valence-electron chi connectivity index (χ3n) is 2.38. The zero-order valence-corrected chi connectivity index (χ0v) is 10.2. The zero-order valence-electron chi connectivity index (χ0n) is 10.2. The first-order valence-corrected chi connectivity index (χ1v) is 5.75. The molecular weight excluding hydrogens is 221 g/mol. The van der Waals surface area contributed by atoms with Gasteiger partial charge in [-0.05, 0) is 38.5 Å². The summed E-state index contributed by atoms with van der Waals surface area (Å²) < 4.78 is 18.6. The fourth-order valence-electron chi connectivity index (χ4n) is 1.45. The van der Waals surface area contributed by atoms with Crippen molar-refractivity contribution in [2.45, 2.75) is 32.7 Å². The van der Waals surface area contributed by atoms with Gasteiger partial charge in [0.1, 0.15) is 0 Å². The Bertz CT molecular complexity index is 391. The molecule has 17 heavy (non-hydrogen) atoms. The summed E-state index contributed by atoms with van der Waals surface area (Å²) in [7, 11) is 0. The summed E-state index contributed by atoms with van der Waals surface area (Å²) in [4.78, 5) is 11.7. The first-order valence-electron chi connectivity index (χ1n) is 5.75. The molecule has 1 unspecified atom stereocenters. The fraction of sp³-hybridized carbons (Fsp3) is 0.462. The number of rotatable bonds is 6. The fourth-order valence-corrected chi connectivity index (χ4v) is 1.45. The van der Waals surface area contributed by atoms with Crippen molar-refractivity contribution in [2.24, 2.45) is 5.73 Å². The van der Waals surface area contributed by atoms with Crippen LogP contribution in [0.15, 0.2) is 18.2 Å². The monoisotopic (exact) mass is 239 g/mol. The topological polar surface area (TPSA) is 52.3 Å². The second-order valence-electron chi connectivity index (χ2n) is 4.02. The Labute approximate surface area is 101 Å². The first kappa shape index (κ1) is 13.6. The lowest BCUT2D eigenvalue weighted by molar-refractivity contribution is 0.0977. The molecule has 0 saturated carbocycles. The van der Waals surface area contributed by atoms with Crippen LogP contribution in [-0.2, 0) is 0 Å². The predicted molar refractivity (Wildman–Crippen MR) is 64.8 cm³/mol. The van der Waals surface area contributed by atoms with Crippen LogP contribution >= 0.6 is 0 Å². The Morgan fingerprint density at radius 2 is 2.24 bits per heavy atom. The number of benzene rings is 1. The molecule has 0 fully saturated rings. The van der Waals surface area contributed by atoms with Gasteiger partial charge < -0.3 is 10.5 Å². The number of nitrogens with two attached hydrogens (primary N) is 1. The van der Waals surface area contributed by atoms with E-state index < -0.39 is 5.82 Å². The molecule has 0 spiro atoms. The van der Waals surface area contributed by atoms with Gasteiger partial charge in [-0.2, -0.15) is 0 Å². The molecule has 0 saturated heterocycles. The highest BCUT2D eigenvalue weighted by atomic mass is 19.1. The van der Waals surface area contributed by atoms with E-state index in [0.717, 1.165) is 0 Å². The molecule has 1 aromatic rings. The van der Waals surface area contributed by atoms with Gasteiger partial charge in [-0.25, -0.2) is 4.39 Å². The van der Waals surface area contributed by atoms with Crippen molar-refractivity contribution in [2.75, 3.05) is 6.61 Å². The van der Waals surface area contributed by atoms with E-state index in [-0.39, 0.29) is 17.6 Å². The number of hydrogen-bond acceptors (Lipinski definition) is 3. The summed E-state index contributed by atoms with van der Waals surface area (Å²) in [6.45, 7) is 4.02. The van der Waals surface area contributed by atoms with Crippen LogP contribution in [0, 0.1) is 5.82 Å². The summed E-state index contributed by atoms with van der Waals surface area (Å²) in [5.41, 5.74) is 5.93. The summed E-state index contributed by atoms with van der Waals surface area (Å²) in [5, 5.41) is 0. The van der Waals surface area contributed by atoms with Crippen molar-refractivity contribution in [3.8, 4) is 5.75 Å². The lowest BCUT2D eigenvalue weighted by Gasteiger charge is -2.07. The number of ether oxygens (including phenoxy) is 1. The number of Topliss-reactive ketones (excluding diaryl/α,β-unsaturated/α-hetero) is 1. The average molecular weight is 239 g/mol. The van der Waals surface area contributed by atoms with Crippen LogP contribution in [0.5, 0.6) is 5.75 Å². The average Bonchev–Trinajstić information content (AvgIpc) is 2.28. The normalized spacial score (nSPS) is 12.2. The highest BCUT2D eigenvalue weighted by molar-refractivity contribution is 5.96.